The van der Waals surface area contributed by atoms with Crippen molar-refractivity contribution in [3.63, 3.8) is 0 Å². The number of hydrogen-bond acceptors (Lipinski definition) is 3. The molecule has 3 atom stereocenters. The predicted octanol–water partition coefficient (Wildman–Crippen LogP) is 2.71. The van der Waals surface area contributed by atoms with Crippen LogP contribution in [0.4, 0.5) is 0 Å². The zero-order valence-electron chi connectivity index (χ0n) is 15.6. The minimum atomic E-state index is -0.408. The Labute approximate surface area is 168 Å². The molecule has 0 aliphatic carbocycles. The second-order valence-corrected chi connectivity index (χ2v) is 7.86. The Balaban J connectivity index is 1.59. The molecule has 1 aromatic carbocycles. The first-order chi connectivity index (χ1) is 13.5. The van der Waals surface area contributed by atoms with E-state index in [9.17, 15) is 14.4 Å². The standard InChI is InChI=1S/C21H22ClN3O3/c1-2-18(26)25-11-15-10-24(21(28)14-8-17(22)20(27)23-9-14)12-16(15)19(25)13-6-4-3-5-7-13/h3-9,15-16,19H,2,10-12H2,1H3,(H,23,27)/t15-,16-,19+/m0/s1. The molecule has 0 saturated carbocycles. The van der Waals surface area contributed by atoms with Crippen LogP contribution in [-0.2, 0) is 4.79 Å². The number of carbonyl (C=O) groups excluding carboxylic acids is 2. The molecule has 0 unspecified atom stereocenters. The maximum atomic E-state index is 12.9. The lowest BCUT2D eigenvalue weighted by Gasteiger charge is -2.30. The molecule has 2 fully saturated rings. The zero-order valence-corrected chi connectivity index (χ0v) is 16.4. The van der Waals surface area contributed by atoms with Crippen LogP contribution in [0.5, 0.6) is 0 Å². The van der Waals surface area contributed by atoms with Gasteiger partial charge in [0.1, 0.15) is 5.02 Å². The average molecular weight is 400 g/mol. The van der Waals surface area contributed by atoms with E-state index in [4.69, 9.17) is 11.6 Å². The summed E-state index contributed by atoms with van der Waals surface area (Å²) in [6, 6.07) is 11.4. The highest BCUT2D eigenvalue weighted by Crippen LogP contribution is 2.45. The predicted molar refractivity (Wildman–Crippen MR) is 106 cm³/mol. The second kappa shape index (κ2) is 7.43. The molecule has 3 heterocycles. The number of rotatable bonds is 3. The van der Waals surface area contributed by atoms with Crippen molar-refractivity contribution in [1.29, 1.82) is 0 Å². The molecule has 7 heteroatoms. The van der Waals surface area contributed by atoms with Crippen molar-refractivity contribution in [3.05, 3.63) is 69.1 Å². The molecule has 0 bridgehead atoms. The summed E-state index contributed by atoms with van der Waals surface area (Å²) in [5.74, 6) is 0.434. The Morgan fingerprint density at radius 3 is 2.61 bits per heavy atom. The number of pyridine rings is 1. The van der Waals surface area contributed by atoms with Crippen LogP contribution in [0.1, 0.15) is 35.3 Å². The van der Waals surface area contributed by atoms with Gasteiger partial charge in [-0.15, -0.1) is 0 Å². The van der Waals surface area contributed by atoms with Crippen LogP contribution in [0.15, 0.2) is 47.4 Å². The number of hydrogen-bond donors (Lipinski definition) is 1. The van der Waals surface area contributed by atoms with E-state index in [2.05, 4.69) is 17.1 Å². The first-order valence-corrected chi connectivity index (χ1v) is 9.89. The molecule has 6 nitrogen and oxygen atoms in total. The molecule has 2 aromatic rings. The van der Waals surface area contributed by atoms with Gasteiger partial charge < -0.3 is 14.8 Å². The summed E-state index contributed by atoms with van der Waals surface area (Å²) in [5.41, 5.74) is 1.08. The number of carbonyl (C=O) groups is 2. The molecule has 1 aromatic heterocycles. The van der Waals surface area contributed by atoms with Crippen LogP contribution in [0.25, 0.3) is 0 Å². The van der Waals surface area contributed by atoms with Crippen LogP contribution in [-0.4, -0.2) is 46.2 Å². The third kappa shape index (κ3) is 3.22. The lowest BCUT2D eigenvalue weighted by molar-refractivity contribution is -0.132. The summed E-state index contributed by atoms with van der Waals surface area (Å²) in [5, 5.41) is 0.00659. The number of benzene rings is 1. The number of aromatic amines is 1. The monoisotopic (exact) mass is 399 g/mol. The molecule has 2 saturated heterocycles. The van der Waals surface area contributed by atoms with Crippen molar-refractivity contribution in [3.8, 4) is 0 Å². The Kier molecular flexibility index (Phi) is 4.98. The highest BCUT2D eigenvalue weighted by Gasteiger charge is 2.49. The van der Waals surface area contributed by atoms with Gasteiger partial charge in [0.15, 0.2) is 0 Å². The van der Waals surface area contributed by atoms with Gasteiger partial charge in [-0.05, 0) is 11.6 Å². The Morgan fingerprint density at radius 1 is 1.18 bits per heavy atom. The van der Waals surface area contributed by atoms with Crippen LogP contribution in [0.3, 0.4) is 0 Å². The Bertz CT molecular complexity index is 959. The maximum absolute atomic E-state index is 12.9. The minimum Gasteiger partial charge on any atom is -0.338 e. The fourth-order valence-corrected chi connectivity index (χ4v) is 4.68. The highest BCUT2D eigenvalue weighted by molar-refractivity contribution is 6.30. The van der Waals surface area contributed by atoms with Gasteiger partial charge in [0.05, 0.1) is 11.6 Å². The van der Waals surface area contributed by atoms with E-state index in [0.29, 0.717) is 31.6 Å². The molecule has 4 rings (SSSR count). The molecule has 2 aliphatic heterocycles. The van der Waals surface area contributed by atoms with Gasteiger partial charge in [-0.2, -0.15) is 0 Å². The lowest BCUT2D eigenvalue weighted by atomic mass is 9.89. The SMILES string of the molecule is CCC(=O)N1C[C@@H]2CN(C(=O)c3c[nH]c(=O)c(Cl)c3)C[C@@H]2[C@H]1c1ccccc1. The third-order valence-electron chi connectivity index (χ3n) is 5.82. The first-order valence-electron chi connectivity index (χ1n) is 9.51. The lowest BCUT2D eigenvalue weighted by Crippen LogP contribution is -2.37. The fourth-order valence-electron chi connectivity index (χ4n) is 4.51. The number of nitrogens with zero attached hydrogens (tertiary/aromatic N) is 2. The van der Waals surface area contributed by atoms with Gasteiger partial charge >= 0.3 is 0 Å². The summed E-state index contributed by atoms with van der Waals surface area (Å²) >= 11 is 5.87. The second-order valence-electron chi connectivity index (χ2n) is 7.45. The van der Waals surface area contributed by atoms with Gasteiger partial charge in [-0.25, -0.2) is 0 Å². The molecule has 0 spiro atoms. The number of amides is 2. The number of nitrogens with one attached hydrogen (secondary N) is 1. The minimum absolute atomic E-state index is 0.00659. The van der Waals surface area contributed by atoms with Gasteiger partial charge in [-0.1, -0.05) is 48.9 Å². The van der Waals surface area contributed by atoms with E-state index >= 15 is 0 Å². The maximum Gasteiger partial charge on any atom is 0.266 e. The quantitative estimate of drug-likeness (QED) is 0.862. The topological polar surface area (TPSA) is 73.5 Å². The summed E-state index contributed by atoms with van der Waals surface area (Å²) in [6.07, 6.45) is 1.88. The van der Waals surface area contributed by atoms with Gasteiger partial charge in [0.2, 0.25) is 5.91 Å². The van der Waals surface area contributed by atoms with Crippen molar-refractivity contribution in [2.24, 2.45) is 11.8 Å². The molecule has 2 amide bonds. The Hall–Kier alpha value is -2.60. The van der Waals surface area contributed by atoms with Crippen molar-refractivity contribution in [1.82, 2.24) is 14.8 Å². The third-order valence-corrected chi connectivity index (χ3v) is 6.10. The number of fused-ring (bicyclic) bond motifs is 1. The Morgan fingerprint density at radius 2 is 1.93 bits per heavy atom. The smallest absolute Gasteiger partial charge is 0.266 e. The number of halogens is 1. The summed E-state index contributed by atoms with van der Waals surface area (Å²) in [4.78, 5) is 43.2. The van der Waals surface area contributed by atoms with E-state index in [1.807, 2.05) is 34.9 Å². The van der Waals surface area contributed by atoms with Crippen LogP contribution < -0.4 is 5.56 Å². The average Bonchev–Trinajstić information content (AvgIpc) is 3.27. The summed E-state index contributed by atoms with van der Waals surface area (Å²) in [6.45, 7) is 3.71. The normalized spacial score (nSPS) is 23.7. The molecule has 146 valence electrons. The van der Waals surface area contributed by atoms with E-state index < -0.39 is 5.56 Å². The van der Waals surface area contributed by atoms with Crippen molar-refractivity contribution >= 4 is 23.4 Å². The number of likely N-dealkylation sites (tertiary alicyclic amines) is 2. The van der Waals surface area contributed by atoms with E-state index in [1.54, 1.807) is 0 Å². The fraction of sp³-hybridized carbons (Fsp3) is 0.381. The molecular formula is C21H22ClN3O3. The largest absolute Gasteiger partial charge is 0.338 e. The van der Waals surface area contributed by atoms with Gasteiger partial charge in [0, 0.05) is 44.1 Å². The van der Waals surface area contributed by atoms with Gasteiger partial charge in [0.25, 0.3) is 11.5 Å². The van der Waals surface area contributed by atoms with E-state index in [-0.39, 0.29) is 34.7 Å². The van der Waals surface area contributed by atoms with Crippen molar-refractivity contribution in [2.75, 3.05) is 19.6 Å². The van der Waals surface area contributed by atoms with Crippen molar-refractivity contribution in [2.45, 2.75) is 19.4 Å². The van der Waals surface area contributed by atoms with E-state index in [1.165, 1.54) is 12.3 Å². The van der Waals surface area contributed by atoms with Crippen LogP contribution in [0, 0.1) is 11.8 Å². The van der Waals surface area contributed by atoms with Crippen LogP contribution in [0.2, 0.25) is 5.02 Å². The molecular weight excluding hydrogens is 378 g/mol. The number of H-pyrrole nitrogens is 1. The van der Waals surface area contributed by atoms with Gasteiger partial charge in [-0.3, -0.25) is 14.4 Å². The highest BCUT2D eigenvalue weighted by atomic mass is 35.5. The zero-order chi connectivity index (χ0) is 19.8. The molecule has 0 radical (unpaired) electrons. The van der Waals surface area contributed by atoms with Crippen LogP contribution >= 0.6 is 11.6 Å². The summed E-state index contributed by atoms with van der Waals surface area (Å²) in [7, 11) is 0. The first kappa shape index (κ1) is 18.7. The van der Waals surface area contributed by atoms with E-state index in [0.717, 1.165) is 5.56 Å². The molecule has 2 aliphatic rings. The van der Waals surface area contributed by atoms with Crippen molar-refractivity contribution < 1.29 is 9.59 Å². The molecule has 28 heavy (non-hydrogen) atoms. The molecule has 1 N–H and O–H groups in total. The summed E-state index contributed by atoms with van der Waals surface area (Å²) < 4.78 is 0. The number of aromatic nitrogens is 1.